The summed E-state index contributed by atoms with van der Waals surface area (Å²) in [5.74, 6) is -0.136. The lowest BCUT2D eigenvalue weighted by molar-refractivity contribution is -0.139. The van der Waals surface area contributed by atoms with E-state index in [1.54, 1.807) is 14.1 Å². The molecule has 2 fully saturated rings. The molecule has 2 atom stereocenters. The van der Waals surface area contributed by atoms with Gasteiger partial charge in [0.25, 0.3) is 5.91 Å². The topological polar surface area (TPSA) is 69.7 Å². The lowest BCUT2D eigenvalue weighted by Crippen LogP contribution is -2.54. The Bertz CT molecular complexity index is 487. The summed E-state index contributed by atoms with van der Waals surface area (Å²) in [4.78, 5) is 39.2. The second-order valence-corrected chi connectivity index (χ2v) is 7.55. The Labute approximate surface area is 125 Å². The van der Waals surface area contributed by atoms with Crippen molar-refractivity contribution in [2.75, 3.05) is 20.6 Å². The molecule has 1 aliphatic heterocycles. The minimum atomic E-state index is -0.829. The molecule has 6 heteroatoms. The van der Waals surface area contributed by atoms with Crippen LogP contribution in [0.5, 0.6) is 0 Å². The van der Waals surface area contributed by atoms with E-state index < -0.39 is 11.6 Å². The van der Waals surface area contributed by atoms with E-state index in [0.717, 1.165) is 11.3 Å². The molecular weight excluding hydrogens is 270 g/mol. The van der Waals surface area contributed by atoms with Gasteiger partial charge in [0.05, 0.1) is 0 Å². The predicted octanol–water partition coefficient (Wildman–Crippen LogP) is 1.21. The minimum Gasteiger partial charge on any atom is -0.347 e. The molecule has 21 heavy (non-hydrogen) atoms. The number of amides is 4. The molecule has 1 N–H and O–H groups in total. The zero-order valence-electron chi connectivity index (χ0n) is 13.5. The molecule has 2 rings (SSSR count). The van der Waals surface area contributed by atoms with Gasteiger partial charge in [-0.1, -0.05) is 20.8 Å². The Morgan fingerprint density at radius 1 is 1.33 bits per heavy atom. The van der Waals surface area contributed by atoms with Gasteiger partial charge in [-0.15, -0.1) is 0 Å². The van der Waals surface area contributed by atoms with Crippen LogP contribution < -0.4 is 5.32 Å². The van der Waals surface area contributed by atoms with Crippen molar-refractivity contribution in [1.29, 1.82) is 0 Å². The number of nitrogens with one attached hydrogen (secondary N) is 1. The van der Waals surface area contributed by atoms with Crippen molar-refractivity contribution < 1.29 is 14.4 Å². The first-order chi connectivity index (χ1) is 9.56. The van der Waals surface area contributed by atoms with Crippen molar-refractivity contribution in [2.45, 2.75) is 45.6 Å². The number of hydrogen-bond donors (Lipinski definition) is 1. The van der Waals surface area contributed by atoms with E-state index in [0.29, 0.717) is 18.8 Å². The zero-order chi connectivity index (χ0) is 16.0. The van der Waals surface area contributed by atoms with Crippen molar-refractivity contribution in [3.63, 3.8) is 0 Å². The van der Waals surface area contributed by atoms with Crippen LogP contribution in [-0.2, 0) is 9.59 Å². The van der Waals surface area contributed by atoms with Gasteiger partial charge in [-0.25, -0.2) is 4.79 Å². The van der Waals surface area contributed by atoms with E-state index in [2.05, 4.69) is 26.1 Å². The van der Waals surface area contributed by atoms with Crippen LogP contribution in [0.25, 0.3) is 0 Å². The summed E-state index contributed by atoms with van der Waals surface area (Å²) in [6.45, 7) is 6.17. The molecule has 1 saturated carbocycles. The van der Waals surface area contributed by atoms with Crippen LogP contribution in [0.1, 0.15) is 40.0 Å². The Morgan fingerprint density at radius 3 is 2.48 bits per heavy atom. The van der Waals surface area contributed by atoms with Gasteiger partial charge >= 0.3 is 6.03 Å². The average Bonchev–Trinajstić information content (AvgIpc) is 2.50. The van der Waals surface area contributed by atoms with Crippen LogP contribution in [0.15, 0.2) is 0 Å². The Morgan fingerprint density at radius 2 is 1.95 bits per heavy atom. The maximum absolute atomic E-state index is 12.8. The molecule has 0 aromatic rings. The van der Waals surface area contributed by atoms with E-state index in [-0.39, 0.29) is 23.8 Å². The third kappa shape index (κ3) is 2.89. The van der Waals surface area contributed by atoms with Gasteiger partial charge < -0.3 is 10.2 Å². The molecule has 0 radical (unpaired) electrons. The van der Waals surface area contributed by atoms with Gasteiger partial charge in [0.2, 0.25) is 5.91 Å². The first kappa shape index (κ1) is 15.8. The second-order valence-electron chi connectivity index (χ2n) is 7.55. The van der Waals surface area contributed by atoms with Crippen molar-refractivity contribution in [2.24, 2.45) is 11.3 Å². The summed E-state index contributed by atoms with van der Waals surface area (Å²) < 4.78 is 0. The van der Waals surface area contributed by atoms with E-state index in [1.807, 2.05) is 0 Å². The lowest BCUT2D eigenvalue weighted by Gasteiger charge is -2.43. The highest BCUT2D eigenvalue weighted by atomic mass is 16.2. The molecule has 1 heterocycles. The third-order valence-electron chi connectivity index (χ3n) is 4.42. The summed E-state index contributed by atoms with van der Waals surface area (Å²) in [5.41, 5.74) is -0.826. The van der Waals surface area contributed by atoms with Gasteiger partial charge in [-0.3, -0.25) is 14.5 Å². The van der Waals surface area contributed by atoms with Crippen LogP contribution in [0.4, 0.5) is 4.79 Å². The zero-order valence-corrected chi connectivity index (χ0v) is 13.5. The largest absolute Gasteiger partial charge is 0.347 e. The molecule has 4 amide bonds. The van der Waals surface area contributed by atoms with Crippen molar-refractivity contribution in [3.05, 3.63) is 0 Å². The van der Waals surface area contributed by atoms with Gasteiger partial charge in [-0.05, 0) is 30.6 Å². The molecule has 2 unspecified atom stereocenters. The third-order valence-corrected chi connectivity index (χ3v) is 4.42. The fraction of sp³-hybridized carbons (Fsp3) is 0.800. The SMILES string of the molecule is CC1CC(C)(C)CC2(C1)NC(=O)N(CC(=O)N(C)C)C2=O. The fourth-order valence-corrected chi connectivity index (χ4v) is 3.93. The number of imide groups is 1. The molecule has 1 saturated heterocycles. The number of carbonyl (C=O) groups excluding carboxylic acids is 3. The fourth-order valence-electron chi connectivity index (χ4n) is 3.93. The number of likely N-dealkylation sites (N-methyl/N-ethyl adjacent to an activating group) is 1. The van der Waals surface area contributed by atoms with Crippen LogP contribution in [0, 0.1) is 11.3 Å². The van der Waals surface area contributed by atoms with Crippen LogP contribution >= 0.6 is 0 Å². The molecule has 1 aliphatic carbocycles. The molecular formula is C15H25N3O3. The molecule has 0 bridgehead atoms. The molecule has 118 valence electrons. The van der Waals surface area contributed by atoms with Gasteiger partial charge in [0.15, 0.2) is 0 Å². The molecule has 6 nitrogen and oxygen atoms in total. The second kappa shape index (κ2) is 5.00. The number of nitrogens with zero attached hydrogens (tertiary/aromatic N) is 2. The number of hydrogen-bond acceptors (Lipinski definition) is 3. The number of carbonyl (C=O) groups is 3. The maximum atomic E-state index is 12.8. The molecule has 1 spiro atoms. The standard InChI is InChI=1S/C15H25N3O3/c1-10-6-14(2,3)9-15(7-10)12(20)18(13(21)16-15)8-11(19)17(4)5/h10H,6-9H2,1-5H3,(H,16,21). The smallest absolute Gasteiger partial charge is 0.325 e. The summed E-state index contributed by atoms with van der Waals surface area (Å²) in [7, 11) is 3.23. The first-order valence-corrected chi connectivity index (χ1v) is 7.41. The molecule has 0 aromatic heterocycles. The Balaban J connectivity index is 2.22. The quantitative estimate of drug-likeness (QED) is 0.779. The van der Waals surface area contributed by atoms with Gasteiger partial charge in [0, 0.05) is 14.1 Å². The van der Waals surface area contributed by atoms with Crippen molar-refractivity contribution in [1.82, 2.24) is 15.1 Å². The predicted molar refractivity (Wildman–Crippen MR) is 78.5 cm³/mol. The van der Waals surface area contributed by atoms with Crippen LogP contribution in [-0.4, -0.2) is 53.8 Å². The van der Waals surface area contributed by atoms with E-state index in [1.165, 1.54) is 4.90 Å². The number of rotatable bonds is 2. The highest BCUT2D eigenvalue weighted by Gasteiger charge is 2.56. The van der Waals surface area contributed by atoms with Crippen molar-refractivity contribution in [3.8, 4) is 0 Å². The molecule has 0 aromatic carbocycles. The highest BCUT2D eigenvalue weighted by Crippen LogP contribution is 2.46. The van der Waals surface area contributed by atoms with Gasteiger partial charge in [-0.2, -0.15) is 0 Å². The van der Waals surface area contributed by atoms with E-state index >= 15 is 0 Å². The normalized spacial score (nSPS) is 31.5. The van der Waals surface area contributed by atoms with Gasteiger partial charge in [0.1, 0.15) is 12.1 Å². The monoisotopic (exact) mass is 295 g/mol. The molecule has 2 aliphatic rings. The Kier molecular flexibility index (Phi) is 3.76. The van der Waals surface area contributed by atoms with E-state index in [4.69, 9.17) is 0 Å². The average molecular weight is 295 g/mol. The minimum absolute atomic E-state index is 0.00216. The summed E-state index contributed by atoms with van der Waals surface area (Å²) >= 11 is 0. The summed E-state index contributed by atoms with van der Waals surface area (Å²) in [6, 6.07) is -0.444. The Hall–Kier alpha value is -1.59. The van der Waals surface area contributed by atoms with Crippen molar-refractivity contribution >= 4 is 17.8 Å². The van der Waals surface area contributed by atoms with E-state index in [9.17, 15) is 14.4 Å². The lowest BCUT2D eigenvalue weighted by atomic mass is 9.64. The highest BCUT2D eigenvalue weighted by molar-refractivity contribution is 6.09. The van der Waals surface area contributed by atoms with Crippen LogP contribution in [0.3, 0.4) is 0 Å². The van der Waals surface area contributed by atoms with Crippen LogP contribution in [0.2, 0.25) is 0 Å². The first-order valence-electron chi connectivity index (χ1n) is 7.41. The maximum Gasteiger partial charge on any atom is 0.325 e. The summed E-state index contributed by atoms with van der Waals surface area (Å²) in [5, 5.41) is 2.87. The number of urea groups is 1. The summed E-state index contributed by atoms with van der Waals surface area (Å²) in [6.07, 6.45) is 2.31.